The largest absolute Gasteiger partial charge is 0.472 e. The van der Waals surface area contributed by atoms with Crippen molar-refractivity contribution in [3.63, 3.8) is 0 Å². The first-order valence-electron chi connectivity index (χ1n) is 12.3. The van der Waals surface area contributed by atoms with Crippen LogP contribution in [-0.2, 0) is 18.6 Å². The van der Waals surface area contributed by atoms with Crippen molar-refractivity contribution in [3.05, 3.63) is 0 Å². The monoisotopic (exact) mass is 518 g/mol. The Balaban J connectivity index is 0. The van der Waals surface area contributed by atoms with Crippen molar-refractivity contribution >= 4 is 7.82 Å². The molecule has 0 aromatic rings. The van der Waals surface area contributed by atoms with Crippen LogP contribution in [0.15, 0.2) is 0 Å². The molecule has 0 aromatic heterocycles. The number of unbranched alkanes of at least 4 members (excludes halogenated alkanes) is 13. The fourth-order valence-corrected chi connectivity index (χ4v) is 4.43. The average Bonchev–Trinajstić information content (AvgIpc) is 2.74. The van der Waals surface area contributed by atoms with Gasteiger partial charge in [0.05, 0.1) is 6.61 Å². The number of hydrogen-bond donors (Lipinski definition) is 7. The Morgan fingerprint density at radius 1 is 0.765 bits per heavy atom. The van der Waals surface area contributed by atoms with Crippen LogP contribution in [0.25, 0.3) is 0 Å². The lowest BCUT2D eigenvalue weighted by Gasteiger charge is -2.41. The molecule has 1 aliphatic heterocycles. The van der Waals surface area contributed by atoms with Gasteiger partial charge < -0.3 is 46.9 Å². The molecule has 0 saturated carbocycles. The smallest absolute Gasteiger partial charge is 0.394 e. The molecule has 0 spiro atoms. The van der Waals surface area contributed by atoms with Gasteiger partial charge in [0.15, 0.2) is 6.29 Å². The standard InChI is InChI=1S/C22H45O9P.2H3N/c1-2-3-4-5-6-7-8-9-10-11-12-13-14-15-16-29-21-19(24)18(17-23)30-22(20(21)25)31-32(26,27)28;;/h18-25H,2-17H2,1H3,(H2,26,27,28);2*1H3/t18-,19-,20-,21+,22-;;/m1../s1. The van der Waals surface area contributed by atoms with E-state index in [1.54, 1.807) is 0 Å². The first kappa shape index (κ1) is 36.0. The summed E-state index contributed by atoms with van der Waals surface area (Å²) in [6.07, 6.45) is 10.2. The van der Waals surface area contributed by atoms with Crippen LogP contribution in [0.1, 0.15) is 96.8 Å². The van der Waals surface area contributed by atoms with Crippen molar-refractivity contribution in [2.45, 2.75) is 128 Å². The first-order chi connectivity index (χ1) is 15.3. The van der Waals surface area contributed by atoms with Gasteiger partial charge in [0.1, 0.15) is 24.4 Å². The molecule has 0 aromatic carbocycles. The quantitative estimate of drug-likeness (QED) is 0.0965. The molecule has 5 atom stereocenters. The van der Waals surface area contributed by atoms with Crippen LogP contribution in [0.4, 0.5) is 0 Å². The minimum Gasteiger partial charge on any atom is -0.394 e. The Morgan fingerprint density at radius 2 is 1.21 bits per heavy atom. The highest BCUT2D eigenvalue weighted by Crippen LogP contribution is 2.41. The molecule has 1 aliphatic rings. The topological polar surface area (TPSA) is 216 Å². The zero-order valence-electron chi connectivity index (χ0n) is 20.9. The summed E-state index contributed by atoms with van der Waals surface area (Å²) in [7, 11) is -4.92. The average molecular weight is 519 g/mol. The predicted molar refractivity (Wildman–Crippen MR) is 131 cm³/mol. The highest BCUT2D eigenvalue weighted by molar-refractivity contribution is 7.46. The summed E-state index contributed by atoms with van der Waals surface area (Å²) in [5, 5.41) is 29.8. The van der Waals surface area contributed by atoms with E-state index in [9.17, 15) is 19.9 Å². The molecule has 1 rings (SSSR count). The van der Waals surface area contributed by atoms with Crippen LogP contribution in [0.2, 0.25) is 0 Å². The van der Waals surface area contributed by atoms with E-state index in [1.807, 2.05) is 0 Å². The summed E-state index contributed by atoms with van der Waals surface area (Å²) in [5.74, 6) is 0. The minimum absolute atomic E-state index is 0. The maximum atomic E-state index is 11.1. The van der Waals surface area contributed by atoms with E-state index in [2.05, 4.69) is 11.4 Å². The van der Waals surface area contributed by atoms with E-state index in [0.29, 0.717) is 0 Å². The van der Waals surface area contributed by atoms with Gasteiger partial charge in [-0.25, -0.2) is 4.57 Å². The normalized spacial score (nSPS) is 24.9. The number of rotatable bonds is 19. The van der Waals surface area contributed by atoms with Gasteiger partial charge in [-0.2, -0.15) is 0 Å². The van der Waals surface area contributed by atoms with Crippen LogP contribution in [0.3, 0.4) is 0 Å². The second-order valence-electron chi connectivity index (χ2n) is 8.73. The Kier molecular flexibility index (Phi) is 22.2. The van der Waals surface area contributed by atoms with Crippen LogP contribution in [0, 0.1) is 0 Å². The third kappa shape index (κ3) is 15.7. The minimum atomic E-state index is -4.92. The van der Waals surface area contributed by atoms with Gasteiger partial charge >= 0.3 is 7.82 Å². The summed E-state index contributed by atoms with van der Waals surface area (Å²) < 4.78 is 26.1. The molecule has 208 valence electrons. The highest BCUT2D eigenvalue weighted by atomic mass is 31.2. The van der Waals surface area contributed by atoms with E-state index in [0.717, 1.165) is 19.3 Å². The number of aliphatic hydroxyl groups is 3. The molecular formula is C22H51N2O9P. The SMILES string of the molecule is CCCCCCCCCCCCCCCCO[C@@H]1[C@@H](O)[C@@H](OP(=O)(O)O)O[C@H](CO)[C@H]1O.N.N. The zero-order chi connectivity index (χ0) is 23.8. The molecule has 1 fully saturated rings. The van der Waals surface area contributed by atoms with Crippen LogP contribution in [-0.4, -0.2) is 69.0 Å². The van der Waals surface area contributed by atoms with Gasteiger partial charge in [0.25, 0.3) is 0 Å². The molecule has 0 bridgehead atoms. The van der Waals surface area contributed by atoms with Crippen molar-refractivity contribution in [1.29, 1.82) is 0 Å². The number of phosphoric ester groups is 1. The molecule has 0 amide bonds. The van der Waals surface area contributed by atoms with Gasteiger partial charge in [-0.1, -0.05) is 90.4 Å². The first-order valence-corrected chi connectivity index (χ1v) is 13.8. The van der Waals surface area contributed by atoms with Crippen molar-refractivity contribution in [2.24, 2.45) is 0 Å². The summed E-state index contributed by atoms with van der Waals surface area (Å²) in [6, 6.07) is 0. The lowest BCUT2D eigenvalue weighted by atomic mass is 9.99. The Labute approximate surface area is 205 Å². The van der Waals surface area contributed by atoms with E-state index in [1.165, 1.54) is 70.6 Å². The van der Waals surface area contributed by atoms with Gasteiger partial charge in [-0.05, 0) is 6.42 Å². The van der Waals surface area contributed by atoms with Crippen molar-refractivity contribution in [3.8, 4) is 0 Å². The highest BCUT2D eigenvalue weighted by Gasteiger charge is 2.47. The Morgan fingerprint density at radius 3 is 1.62 bits per heavy atom. The molecule has 1 heterocycles. The number of phosphoric acid groups is 1. The fraction of sp³-hybridized carbons (Fsp3) is 1.00. The Bertz CT molecular complexity index is 513. The molecule has 0 unspecified atom stereocenters. The molecule has 0 aliphatic carbocycles. The second kappa shape index (κ2) is 21.0. The van der Waals surface area contributed by atoms with Gasteiger partial charge in [-0.15, -0.1) is 0 Å². The molecule has 12 heteroatoms. The van der Waals surface area contributed by atoms with Crippen molar-refractivity contribution in [2.75, 3.05) is 13.2 Å². The molecular weight excluding hydrogens is 467 g/mol. The van der Waals surface area contributed by atoms with Crippen molar-refractivity contribution < 1.29 is 43.7 Å². The fourth-order valence-electron chi connectivity index (χ4n) is 3.99. The molecule has 11 nitrogen and oxygen atoms in total. The van der Waals surface area contributed by atoms with E-state index >= 15 is 0 Å². The number of ether oxygens (including phenoxy) is 2. The predicted octanol–water partition coefficient (Wildman–Crippen LogP) is 3.73. The van der Waals surface area contributed by atoms with Gasteiger partial charge in [0.2, 0.25) is 0 Å². The third-order valence-electron chi connectivity index (χ3n) is 5.87. The van der Waals surface area contributed by atoms with E-state index < -0.39 is 45.1 Å². The second-order valence-corrected chi connectivity index (χ2v) is 9.93. The van der Waals surface area contributed by atoms with E-state index in [-0.39, 0.29) is 18.9 Å². The van der Waals surface area contributed by atoms with Crippen LogP contribution >= 0.6 is 7.82 Å². The molecule has 11 N–H and O–H groups in total. The molecule has 0 radical (unpaired) electrons. The lowest BCUT2D eigenvalue weighted by Crippen LogP contribution is -2.59. The molecule has 1 saturated heterocycles. The van der Waals surface area contributed by atoms with Gasteiger partial charge in [-0.3, -0.25) is 4.52 Å². The maximum Gasteiger partial charge on any atom is 0.472 e. The van der Waals surface area contributed by atoms with E-state index in [4.69, 9.17) is 19.3 Å². The van der Waals surface area contributed by atoms with Crippen molar-refractivity contribution in [1.82, 2.24) is 12.3 Å². The summed E-state index contributed by atoms with van der Waals surface area (Å²) in [4.78, 5) is 17.9. The summed E-state index contributed by atoms with van der Waals surface area (Å²) in [5.41, 5.74) is 0. The summed E-state index contributed by atoms with van der Waals surface area (Å²) >= 11 is 0. The number of hydrogen-bond acceptors (Lipinski definition) is 9. The van der Waals surface area contributed by atoms with Crippen LogP contribution < -0.4 is 12.3 Å². The maximum absolute atomic E-state index is 11.1. The molecule has 34 heavy (non-hydrogen) atoms. The zero-order valence-corrected chi connectivity index (χ0v) is 21.8. The van der Waals surface area contributed by atoms with Crippen LogP contribution in [0.5, 0.6) is 0 Å². The summed E-state index contributed by atoms with van der Waals surface area (Å²) in [6.45, 7) is 1.91. The lowest BCUT2D eigenvalue weighted by molar-refractivity contribution is -0.288. The number of aliphatic hydroxyl groups excluding tert-OH is 3. The third-order valence-corrected chi connectivity index (χ3v) is 6.35. The Hall–Kier alpha value is -0.170. The van der Waals surface area contributed by atoms with Gasteiger partial charge in [0, 0.05) is 6.61 Å².